The van der Waals surface area contributed by atoms with Gasteiger partial charge < -0.3 is 4.90 Å². The molecule has 1 heterocycles. The molecular formula is C21H24N4O. The lowest BCUT2D eigenvalue weighted by molar-refractivity contribution is 0.0750. The van der Waals surface area contributed by atoms with E-state index in [0.29, 0.717) is 5.69 Å². The van der Waals surface area contributed by atoms with Crippen LogP contribution in [-0.4, -0.2) is 38.9 Å². The Labute approximate surface area is 154 Å². The van der Waals surface area contributed by atoms with E-state index in [1.807, 2.05) is 65.6 Å². The number of carbonyl (C=O) groups excluding carboxylic acids is 1. The van der Waals surface area contributed by atoms with E-state index in [0.717, 1.165) is 42.9 Å². The van der Waals surface area contributed by atoms with Gasteiger partial charge in [-0.05, 0) is 25.0 Å². The fourth-order valence-corrected chi connectivity index (χ4v) is 3.04. The van der Waals surface area contributed by atoms with E-state index in [-0.39, 0.29) is 5.91 Å². The molecule has 134 valence electrons. The zero-order chi connectivity index (χ0) is 18.4. The normalized spacial score (nSPS) is 10.7. The number of carbonyl (C=O) groups is 1. The second-order valence-corrected chi connectivity index (χ2v) is 6.19. The van der Waals surface area contributed by atoms with Gasteiger partial charge in [0.05, 0.1) is 5.69 Å². The highest BCUT2D eigenvalue weighted by Gasteiger charge is 2.25. The van der Waals surface area contributed by atoms with Crippen LogP contribution in [0.4, 0.5) is 0 Å². The average molecular weight is 348 g/mol. The summed E-state index contributed by atoms with van der Waals surface area (Å²) in [6, 6.07) is 19.6. The van der Waals surface area contributed by atoms with Crippen molar-refractivity contribution in [2.24, 2.45) is 0 Å². The summed E-state index contributed by atoms with van der Waals surface area (Å²) in [6.07, 6.45) is 1.83. The van der Waals surface area contributed by atoms with Gasteiger partial charge in [0.1, 0.15) is 5.69 Å². The van der Waals surface area contributed by atoms with E-state index in [4.69, 9.17) is 0 Å². The Kier molecular flexibility index (Phi) is 5.79. The highest BCUT2D eigenvalue weighted by atomic mass is 16.2. The van der Waals surface area contributed by atoms with E-state index in [2.05, 4.69) is 24.2 Å². The number of para-hydroxylation sites is 1. The van der Waals surface area contributed by atoms with Crippen LogP contribution in [0.15, 0.2) is 60.7 Å². The summed E-state index contributed by atoms with van der Waals surface area (Å²) < 4.78 is 1.75. The van der Waals surface area contributed by atoms with Crippen molar-refractivity contribution < 1.29 is 4.79 Å². The Morgan fingerprint density at radius 1 is 0.923 bits per heavy atom. The number of benzene rings is 2. The van der Waals surface area contributed by atoms with Gasteiger partial charge >= 0.3 is 0 Å². The third-order valence-electron chi connectivity index (χ3n) is 4.20. The number of hydrogen-bond acceptors (Lipinski definition) is 3. The van der Waals surface area contributed by atoms with Gasteiger partial charge in [-0.2, -0.15) is 0 Å². The first-order valence-electron chi connectivity index (χ1n) is 9.12. The molecule has 0 N–H and O–H groups in total. The number of rotatable bonds is 7. The van der Waals surface area contributed by atoms with Crippen LogP contribution in [0, 0.1) is 0 Å². The van der Waals surface area contributed by atoms with E-state index >= 15 is 0 Å². The van der Waals surface area contributed by atoms with Gasteiger partial charge in [0.25, 0.3) is 5.91 Å². The van der Waals surface area contributed by atoms with Crippen LogP contribution in [0.5, 0.6) is 0 Å². The summed E-state index contributed by atoms with van der Waals surface area (Å²) in [7, 11) is 0. The molecule has 3 aromatic rings. The molecule has 0 saturated heterocycles. The molecule has 0 bridgehead atoms. The predicted octanol–water partition coefficient (Wildman–Crippen LogP) is 4.20. The second-order valence-electron chi connectivity index (χ2n) is 6.19. The van der Waals surface area contributed by atoms with Crippen LogP contribution in [-0.2, 0) is 0 Å². The summed E-state index contributed by atoms with van der Waals surface area (Å²) in [5.41, 5.74) is 2.95. The maximum Gasteiger partial charge on any atom is 0.276 e. The van der Waals surface area contributed by atoms with Gasteiger partial charge in [0.2, 0.25) is 0 Å². The topological polar surface area (TPSA) is 51.0 Å². The van der Waals surface area contributed by atoms with E-state index < -0.39 is 0 Å². The monoisotopic (exact) mass is 348 g/mol. The van der Waals surface area contributed by atoms with Crippen molar-refractivity contribution in [1.29, 1.82) is 0 Å². The zero-order valence-electron chi connectivity index (χ0n) is 15.3. The first-order chi connectivity index (χ1) is 12.8. The lowest BCUT2D eigenvalue weighted by atomic mass is 10.1. The van der Waals surface area contributed by atoms with Gasteiger partial charge in [-0.1, -0.05) is 67.6 Å². The van der Waals surface area contributed by atoms with Gasteiger partial charge in [0, 0.05) is 18.7 Å². The third kappa shape index (κ3) is 3.67. The maximum absolute atomic E-state index is 13.2. The van der Waals surface area contributed by atoms with Crippen LogP contribution in [0.25, 0.3) is 16.9 Å². The minimum Gasteiger partial charge on any atom is -0.337 e. The third-order valence-corrected chi connectivity index (χ3v) is 4.20. The molecule has 0 unspecified atom stereocenters. The molecule has 0 aliphatic carbocycles. The van der Waals surface area contributed by atoms with Crippen LogP contribution < -0.4 is 0 Å². The molecule has 0 aliphatic rings. The van der Waals surface area contributed by atoms with Crippen molar-refractivity contribution in [1.82, 2.24) is 19.9 Å². The SMILES string of the molecule is CCCN(CCC)C(=O)c1nnn(-c2ccccc2)c1-c1ccccc1. The van der Waals surface area contributed by atoms with Gasteiger partial charge in [0.15, 0.2) is 5.69 Å². The van der Waals surface area contributed by atoms with Crippen molar-refractivity contribution in [3.8, 4) is 16.9 Å². The largest absolute Gasteiger partial charge is 0.337 e. The molecule has 0 saturated carbocycles. The maximum atomic E-state index is 13.2. The summed E-state index contributed by atoms with van der Waals surface area (Å²) in [6.45, 7) is 5.60. The minimum atomic E-state index is -0.0604. The van der Waals surface area contributed by atoms with Crippen molar-refractivity contribution >= 4 is 5.91 Å². The van der Waals surface area contributed by atoms with Crippen molar-refractivity contribution in [2.75, 3.05) is 13.1 Å². The molecule has 2 aromatic carbocycles. The summed E-state index contributed by atoms with van der Waals surface area (Å²) in [5.74, 6) is -0.0604. The predicted molar refractivity (Wildman–Crippen MR) is 103 cm³/mol. The molecule has 0 aliphatic heterocycles. The van der Waals surface area contributed by atoms with Crippen molar-refractivity contribution in [2.45, 2.75) is 26.7 Å². The Hall–Kier alpha value is -2.95. The van der Waals surface area contributed by atoms with E-state index in [9.17, 15) is 4.79 Å². The molecule has 0 spiro atoms. The van der Waals surface area contributed by atoms with Gasteiger partial charge in [-0.25, -0.2) is 4.68 Å². The number of hydrogen-bond donors (Lipinski definition) is 0. The average Bonchev–Trinajstić information content (AvgIpc) is 3.14. The van der Waals surface area contributed by atoms with Crippen LogP contribution in [0.3, 0.4) is 0 Å². The fraction of sp³-hybridized carbons (Fsp3) is 0.286. The van der Waals surface area contributed by atoms with Gasteiger partial charge in [-0.3, -0.25) is 4.79 Å². The first kappa shape index (κ1) is 17.9. The quantitative estimate of drug-likeness (QED) is 0.643. The van der Waals surface area contributed by atoms with Crippen molar-refractivity contribution in [3.05, 3.63) is 66.4 Å². The summed E-state index contributed by atoms with van der Waals surface area (Å²) >= 11 is 0. The molecule has 0 radical (unpaired) electrons. The lowest BCUT2D eigenvalue weighted by Crippen LogP contribution is -2.33. The standard InChI is InChI=1S/C21H24N4O/c1-3-15-24(16-4-2)21(26)19-20(17-11-7-5-8-12-17)25(23-22-19)18-13-9-6-10-14-18/h5-14H,3-4,15-16H2,1-2H3. The zero-order valence-corrected chi connectivity index (χ0v) is 15.3. The molecule has 5 heteroatoms. The Balaban J connectivity index is 2.11. The van der Waals surface area contributed by atoms with Crippen molar-refractivity contribution in [3.63, 3.8) is 0 Å². The van der Waals surface area contributed by atoms with E-state index in [1.165, 1.54) is 0 Å². The smallest absolute Gasteiger partial charge is 0.276 e. The first-order valence-corrected chi connectivity index (χ1v) is 9.12. The number of amides is 1. The summed E-state index contributed by atoms with van der Waals surface area (Å²) in [4.78, 5) is 15.0. The molecular weight excluding hydrogens is 324 g/mol. The molecule has 26 heavy (non-hydrogen) atoms. The van der Waals surface area contributed by atoms with E-state index in [1.54, 1.807) is 4.68 Å². The lowest BCUT2D eigenvalue weighted by Gasteiger charge is -2.20. The molecule has 5 nitrogen and oxygen atoms in total. The summed E-state index contributed by atoms with van der Waals surface area (Å²) in [5, 5.41) is 8.58. The molecule has 0 fully saturated rings. The molecule has 1 amide bonds. The number of aromatic nitrogens is 3. The molecule has 0 atom stereocenters. The molecule has 3 rings (SSSR count). The van der Waals surface area contributed by atoms with Gasteiger partial charge in [-0.15, -0.1) is 5.10 Å². The number of nitrogens with zero attached hydrogens (tertiary/aromatic N) is 4. The van der Waals surface area contributed by atoms with Crippen LogP contribution >= 0.6 is 0 Å². The molecule has 1 aromatic heterocycles. The van der Waals surface area contributed by atoms with Crippen LogP contribution in [0.2, 0.25) is 0 Å². The Bertz CT molecular complexity index is 837. The fourth-order valence-electron chi connectivity index (χ4n) is 3.04. The minimum absolute atomic E-state index is 0.0604. The Morgan fingerprint density at radius 3 is 2.08 bits per heavy atom. The highest BCUT2D eigenvalue weighted by Crippen LogP contribution is 2.26. The highest BCUT2D eigenvalue weighted by molar-refractivity contribution is 5.98. The Morgan fingerprint density at radius 2 is 1.50 bits per heavy atom. The second kappa shape index (κ2) is 8.43. The van der Waals surface area contributed by atoms with Crippen LogP contribution in [0.1, 0.15) is 37.2 Å².